The Bertz CT molecular complexity index is 564. The molecule has 2 rings (SSSR count). The third kappa shape index (κ3) is 3.43. The number of ether oxygens (including phenoxy) is 1. The first-order valence-corrected chi connectivity index (χ1v) is 6.30. The lowest BCUT2D eigenvalue weighted by Gasteiger charge is -2.07. The summed E-state index contributed by atoms with van der Waals surface area (Å²) in [5.41, 5.74) is 3.02. The van der Waals surface area contributed by atoms with Crippen LogP contribution < -0.4 is 10.1 Å². The van der Waals surface area contributed by atoms with Crippen LogP contribution in [0.3, 0.4) is 0 Å². The molecular formula is C13H19N5O. The minimum atomic E-state index is 0.576. The van der Waals surface area contributed by atoms with Gasteiger partial charge in [0, 0.05) is 37.1 Å². The number of hydrogen-bond acceptors (Lipinski definition) is 5. The average molecular weight is 261 g/mol. The van der Waals surface area contributed by atoms with Crippen LogP contribution in [-0.2, 0) is 13.6 Å². The first-order chi connectivity index (χ1) is 9.08. The van der Waals surface area contributed by atoms with Crippen LogP contribution >= 0.6 is 0 Å². The van der Waals surface area contributed by atoms with Gasteiger partial charge in [-0.2, -0.15) is 10.1 Å². The van der Waals surface area contributed by atoms with Crippen LogP contribution in [0.1, 0.15) is 23.9 Å². The summed E-state index contributed by atoms with van der Waals surface area (Å²) in [5.74, 6) is 1.17. The Morgan fingerprint density at radius 1 is 1.32 bits per heavy atom. The Morgan fingerprint density at radius 3 is 2.74 bits per heavy atom. The van der Waals surface area contributed by atoms with Crippen molar-refractivity contribution in [2.45, 2.75) is 27.3 Å². The molecule has 0 bridgehead atoms. The lowest BCUT2D eigenvalue weighted by Crippen LogP contribution is -2.06. The van der Waals surface area contributed by atoms with E-state index in [-0.39, 0.29) is 0 Å². The summed E-state index contributed by atoms with van der Waals surface area (Å²) in [6.07, 6.45) is 1.99. The number of aromatic nitrogens is 4. The van der Waals surface area contributed by atoms with Crippen molar-refractivity contribution in [2.24, 2.45) is 7.05 Å². The third-order valence-electron chi connectivity index (χ3n) is 2.68. The number of anilines is 1. The second kappa shape index (κ2) is 5.69. The maximum Gasteiger partial charge on any atom is 0.226 e. The summed E-state index contributed by atoms with van der Waals surface area (Å²) < 4.78 is 7.20. The summed E-state index contributed by atoms with van der Waals surface area (Å²) in [4.78, 5) is 8.64. The Kier molecular flexibility index (Phi) is 3.99. The highest BCUT2D eigenvalue weighted by Gasteiger charge is 2.06. The zero-order valence-corrected chi connectivity index (χ0v) is 11.8. The van der Waals surface area contributed by atoms with Crippen LogP contribution in [0.25, 0.3) is 0 Å². The number of nitrogens with zero attached hydrogens (tertiary/aromatic N) is 4. The number of rotatable bonds is 5. The molecule has 0 aromatic carbocycles. The van der Waals surface area contributed by atoms with Gasteiger partial charge in [0.25, 0.3) is 0 Å². The quantitative estimate of drug-likeness (QED) is 0.889. The first-order valence-electron chi connectivity index (χ1n) is 6.30. The van der Waals surface area contributed by atoms with Gasteiger partial charge in [0.05, 0.1) is 12.3 Å². The van der Waals surface area contributed by atoms with Gasteiger partial charge in [-0.3, -0.25) is 4.68 Å². The highest BCUT2D eigenvalue weighted by molar-refractivity contribution is 5.32. The van der Waals surface area contributed by atoms with Gasteiger partial charge in [0.1, 0.15) is 0 Å². The molecule has 0 saturated heterocycles. The Hall–Kier alpha value is -2.11. The third-order valence-corrected chi connectivity index (χ3v) is 2.68. The van der Waals surface area contributed by atoms with Crippen LogP contribution in [0.2, 0.25) is 0 Å². The van der Waals surface area contributed by atoms with Crippen molar-refractivity contribution in [3.8, 4) is 5.88 Å². The fourth-order valence-electron chi connectivity index (χ4n) is 1.84. The lowest BCUT2D eigenvalue weighted by atomic mass is 10.3. The molecule has 2 aromatic rings. The molecule has 0 atom stereocenters. The Labute approximate surface area is 112 Å². The predicted octanol–water partition coefficient (Wildman–Crippen LogP) is 1.84. The van der Waals surface area contributed by atoms with Gasteiger partial charge in [-0.1, -0.05) is 0 Å². The van der Waals surface area contributed by atoms with E-state index in [2.05, 4.69) is 20.4 Å². The van der Waals surface area contributed by atoms with E-state index in [1.54, 1.807) is 4.68 Å². The van der Waals surface area contributed by atoms with Crippen molar-refractivity contribution in [1.29, 1.82) is 0 Å². The minimum Gasteiger partial charge on any atom is -0.478 e. The predicted molar refractivity (Wildman–Crippen MR) is 73.2 cm³/mol. The molecule has 0 aliphatic rings. The monoisotopic (exact) mass is 261 g/mol. The maximum absolute atomic E-state index is 5.40. The van der Waals surface area contributed by atoms with E-state index < -0.39 is 0 Å². The smallest absolute Gasteiger partial charge is 0.226 e. The van der Waals surface area contributed by atoms with Crippen molar-refractivity contribution < 1.29 is 4.74 Å². The van der Waals surface area contributed by atoms with E-state index in [1.807, 2.05) is 40.1 Å². The van der Waals surface area contributed by atoms with Crippen LogP contribution in [0.15, 0.2) is 12.3 Å². The molecule has 2 aromatic heterocycles. The van der Waals surface area contributed by atoms with Crippen molar-refractivity contribution in [2.75, 3.05) is 11.9 Å². The Balaban J connectivity index is 2.08. The molecule has 0 fully saturated rings. The van der Waals surface area contributed by atoms with Gasteiger partial charge in [0.2, 0.25) is 11.8 Å². The minimum absolute atomic E-state index is 0.576. The highest BCUT2D eigenvalue weighted by atomic mass is 16.5. The molecule has 0 aliphatic carbocycles. The van der Waals surface area contributed by atoms with Crippen LogP contribution in [0, 0.1) is 13.8 Å². The van der Waals surface area contributed by atoms with Crippen LogP contribution in [-0.4, -0.2) is 26.4 Å². The summed E-state index contributed by atoms with van der Waals surface area (Å²) in [6.45, 7) is 7.08. The summed E-state index contributed by atoms with van der Waals surface area (Å²) in [7, 11) is 1.91. The van der Waals surface area contributed by atoms with Crippen molar-refractivity contribution >= 4 is 5.95 Å². The average Bonchev–Trinajstić information content (AvgIpc) is 2.65. The van der Waals surface area contributed by atoms with Crippen molar-refractivity contribution in [1.82, 2.24) is 19.7 Å². The molecule has 0 aliphatic heterocycles. The molecule has 0 amide bonds. The number of aryl methyl sites for hydroxylation is 3. The molecule has 0 radical (unpaired) electrons. The summed E-state index contributed by atoms with van der Waals surface area (Å²) in [5, 5.41) is 7.50. The summed E-state index contributed by atoms with van der Waals surface area (Å²) >= 11 is 0. The van der Waals surface area contributed by atoms with E-state index in [0.29, 0.717) is 25.0 Å². The summed E-state index contributed by atoms with van der Waals surface area (Å²) in [6, 6.07) is 1.82. The number of hydrogen-bond donors (Lipinski definition) is 1. The van der Waals surface area contributed by atoms with Gasteiger partial charge in [-0.25, -0.2) is 4.98 Å². The van der Waals surface area contributed by atoms with E-state index >= 15 is 0 Å². The lowest BCUT2D eigenvalue weighted by molar-refractivity contribution is 0.326. The second-order valence-electron chi connectivity index (χ2n) is 4.37. The van der Waals surface area contributed by atoms with Gasteiger partial charge in [-0.05, 0) is 20.8 Å². The molecule has 1 N–H and O–H groups in total. The normalized spacial score (nSPS) is 10.5. The molecule has 102 valence electrons. The maximum atomic E-state index is 5.40. The highest BCUT2D eigenvalue weighted by Crippen LogP contribution is 2.13. The standard InChI is InChI=1S/C13H19N5O/c1-5-19-12-6-9(2)15-13(16-12)14-7-11-8-18(4)17-10(11)3/h6,8H,5,7H2,1-4H3,(H,14,15,16). The first kappa shape index (κ1) is 13.3. The van der Waals surface area contributed by atoms with Gasteiger partial charge in [0.15, 0.2) is 0 Å². The molecule has 0 unspecified atom stereocenters. The van der Waals surface area contributed by atoms with E-state index in [4.69, 9.17) is 4.74 Å². The Morgan fingerprint density at radius 2 is 2.11 bits per heavy atom. The van der Waals surface area contributed by atoms with Gasteiger partial charge >= 0.3 is 0 Å². The van der Waals surface area contributed by atoms with E-state index in [1.165, 1.54) is 0 Å². The molecule has 6 heteroatoms. The fourth-order valence-corrected chi connectivity index (χ4v) is 1.84. The zero-order chi connectivity index (χ0) is 13.8. The SMILES string of the molecule is CCOc1cc(C)nc(NCc2cn(C)nc2C)n1. The molecule has 0 saturated carbocycles. The molecular weight excluding hydrogens is 242 g/mol. The zero-order valence-electron chi connectivity index (χ0n) is 11.8. The molecule has 0 spiro atoms. The van der Waals surface area contributed by atoms with Gasteiger partial charge < -0.3 is 10.1 Å². The van der Waals surface area contributed by atoms with Crippen LogP contribution in [0.4, 0.5) is 5.95 Å². The second-order valence-corrected chi connectivity index (χ2v) is 4.37. The topological polar surface area (TPSA) is 64.9 Å². The fraction of sp³-hybridized carbons (Fsp3) is 0.462. The van der Waals surface area contributed by atoms with Crippen LogP contribution in [0.5, 0.6) is 5.88 Å². The van der Waals surface area contributed by atoms with Crippen molar-refractivity contribution in [3.63, 3.8) is 0 Å². The number of nitrogens with one attached hydrogen (secondary N) is 1. The molecule has 2 heterocycles. The largest absolute Gasteiger partial charge is 0.478 e. The van der Waals surface area contributed by atoms with Gasteiger partial charge in [-0.15, -0.1) is 0 Å². The van der Waals surface area contributed by atoms with E-state index in [0.717, 1.165) is 17.0 Å². The molecule has 6 nitrogen and oxygen atoms in total. The van der Waals surface area contributed by atoms with Crippen molar-refractivity contribution in [3.05, 3.63) is 29.2 Å². The van der Waals surface area contributed by atoms with E-state index in [9.17, 15) is 0 Å². The molecule has 19 heavy (non-hydrogen) atoms.